The Balaban J connectivity index is 1.51. The Kier molecular flexibility index (Phi) is 8.59. The normalized spacial score (nSPS) is 17.0. The molecule has 0 saturated carbocycles. The number of benzene rings is 2. The van der Waals surface area contributed by atoms with Crippen molar-refractivity contribution in [2.75, 3.05) is 62.7 Å². The number of hydrogen-bond acceptors (Lipinski definition) is 5. The molecule has 2 aromatic carbocycles. The second-order valence-electron chi connectivity index (χ2n) is 9.22. The summed E-state index contributed by atoms with van der Waals surface area (Å²) in [6.07, 6.45) is 1.12. The largest absolute Gasteiger partial charge is 0.378 e. The van der Waals surface area contributed by atoms with Gasteiger partial charge in [0.1, 0.15) is 0 Å². The molecule has 2 aliphatic rings. The highest BCUT2D eigenvalue weighted by atomic mass is 16.5. The van der Waals surface area contributed by atoms with Crippen LogP contribution in [-0.2, 0) is 14.3 Å². The van der Waals surface area contributed by atoms with Crippen molar-refractivity contribution in [1.82, 2.24) is 9.80 Å². The van der Waals surface area contributed by atoms with Crippen molar-refractivity contribution in [1.29, 1.82) is 0 Å². The third kappa shape index (κ3) is 5.87. The number of anilines is 2. The third-order valence-corrected chi connectivity index (χ3v) is 6.97. The SMILES string of the molecule is CCC(=O)Nc1ccc(N2CCN(C(=O)C(CC)c3ccccc3)CC2)c(C(=O)N2CCOCC2)c1. The van der Waals surface area contributed by atoms with Crippen molar-refractivity contribution in [3.8, 4) is 0 Å². The molecule has 36 heavy (non-hydrogen) atoms. The second kappa shape index (κ2) is 12.0. The molecule has 0 bridgehead atoms. The van der Waals surface area contributed by atoms with Gasteiger partial charge in [0.05, 0.1) is 24.7 Å². The van der Waals surface area contributed by atoms with Crippen molar-refractivity contribution in [3.05, 3.63) is 59.7 Å². The maximum Gasteiger partial charge on any atom is 0.256 e. The maximum absolute atomic E-state index is 13.5. The first-order valence-electron chi connectivity index (χ1n) is 12.9. The summed E-state index contributed by atoms with van der Waals surface area (Å²) in [4.78, 5) is 44.7. The third-order valence-electron chi connectivity index (χ3n) is 6.97. The van der Waals surface area contributed by atoms with E-state index in [4.69, 9.17) is 4.74 Å². The standard InChI is InChI=1S/C28H36N4O4/c1-3-23(21-8-6-5-7-9-21)27(34)31-14-12-30(13-15-31)25-11-10-22(29-26(33)4-2)20-24(25)28(35)32-16-18-36-19-17-32/h5-11,20,23H,3-4,12-19H2,1-2H3,(H,29,33). The minimum absolute atomic E-state index is 0.0606. The number of piperazine rings is 1. The highest BCUT2D eigenvalue weighted by Gasteiger charge is 2.30. The quantitative estimate of drug-likeness (QED) is 0.641. The summed E-state index contributed by atoms with van der Waals surface area (Å²) in [7, 11) is 0. The predicted molar refractivity (Wildman–Crippen MR) is 140 cm³/mol. The van der Waals surface area contributed by atoms with Crippen LogP contribution in [0.15, 0.2) is 48.5 Å². The Labute approximate surface area is 213 Å². The fourth-order valence-corrected chi connectivity index (χ4v) is 4.87. The van der Waals surface area contributed by atoms with E-state index in [0.29, 0.717) is 70.2 Å². The molecule has 2 saturated heterocycles. The fourth-order valence-electron chi connectivity index (χ4n) is 4.87. The fraction of sp³-hybridized carbons (Fsp3) is 0.464. The summed E-state index contributed by atoms with van der Waals surface area (Å²) in [6.45, 7) is 8.46. The summed E-state index contributed by atoms with van der Waals surface area (Å²) in [6, 6.07) is 15.5. The van der Waals surface area contributed by atoms with Crippen molar-refractivity contribution >= 4 is 29.1 Å². The van der Waals surface area contributed by atoms with Crippen molar-refractivity contribution in [2.45, 2.75) is 32.6 Å². The monoisotopic (exact) mass is 492 g/mol. The van der Waals surface area contributed by atoms with Crippen LogP contribution in [-0.4, -0.2) is 80.0 Å². The van der Waals surface area contributed by atoms with Gasteiger partial charge in [-0.1, -0.05) is 44.2 Å². The van der Waals surface area contributed by atoms with E-state index in [1.807, 2.05) is 54.3 Å². The Morgan fingerprint density at radius 3 is 2.22 bits per heavy atom. The van der Waals surface area contributed by atoms with Crippen LogP contribution in [0.25, 0.3) is 0 Å². The lowest BCUT2D eigenvalue weighted by Crippen LogP contribution is -2.50. The van der Waals surface area contributed by atoms with Crippen LogP contribution in [0, 0.1) is 0 Å². The van der Waals surface area contributed by atoms with Gasteiger partial charge in [0.25, 0.3) is 5.91 Å². The average Bonchev–Trinajstić information content (AvgIpc) is 2.94. The zero-order valence-electron chi connectivity index (χ0n) is 21.2. The Hall–Kier alpha value is -3.39. The van der Waals surface area contributed by atoms with E-state index in [2.05, 4.69) is 10.2 Å². The summed E-state index contributed by atoms with van der Waals surface area (Å²) in [5, 5.41) is 2.87. The molecule has 8 nitrogen and oxygen atoms in total. The first-order valence-corrected chi connectivity index (χ1v) is 12.9. The van der Waals surface area contributed by atoms with Gasteiger partial charge in [-0.2, -0.15) is 0 Å². The topological polar surface area (TPSA) is 82.2 Å². The van der Waals surface area contributed by atoms with Gasteiger partial charge in [-0.25, -0.2) is 0 Å². The lowest BCUT2D eigenvalue weighted by Gasteiger charge is -2.38. The molecule has 3 amide bonds. The highest BCUT2D eigenvalue weighted by molar-refractivity contribution is 6.02. The molecule has 2 aromatic rings. The molecule has 0 aromatic heterocycles. The predicted octanol–water partition coefficient (Wildman–Crippen LogP) is 3.35. The van der Waals surface area contributed by atoms with Crippen LogP contribution >= 0.6 is 0 Å². The van der Waals surface area contributed by atoms with E-state index in [1.54, 1.807) is 17.9 Å². The van der Waals surface area contributed by atoms with Gasteiger partial charge in [0, 0.05) is 57.1 Å². The molecule has 1 unspecified atom stereocenters. The number of hydrogen-bond donors (Lipinski definition) is 1. The van der Waals surface area contributed by atoms with E-state index < -0.39 is 0 Å². The summed E-state index contributed by atoms with van der Waals surface area (Å²) in [5.74, 6) is -0.138. The van der Waals surface area contributed by atoms with Gasteiger partial charge in [0.15, 0.2) is 0 Å². The number of nitrogens with one attached hydrogen (secondary N) is 1. The lowest BCUT2D eigenvalue weighted by molar-refractivity contribution is -0.133. The number of carbonyl (C=O) groups excluding carboxylic acids is 3. The van der Waals surface area contributed by atoms with E-state index in [1.165, 1.54) is 0 Å². The molecular weight excluding hydrogens is 456 g/mol. The van der Waals surface area contributed by atoms with Gasteiger partial charge in [-0.15, -0.1) is 0 Å². The molecule has 1 atom stereocenters. The van der Waals surface area contributed by atoms with Gasteiger partial charge >= 0.3 is 0 Å². The minimum atomic E-state index is -0.141. The molecule has 2 heterocycles. The van der Waals surface area contributed by atoms with Crippen LogP contribution in [0.4, 0.5) is 11.4 Å². The van der Waals surface area contributed by atoms with Crippen molar-refractivity contribution in [2.24, 2.45) is 0 Å². The van der Waals surface area contributed by atoms with Gasteiger partial charge in [-0.3, -0.25) is 14.4 Å². The Morgan fingerprint density at radius 2 is 1.58 bits per heavy atom. The van der Waals surface area contributed by atoms with Crippen LogP contribution < -0.4 is 10.2 Å². The number of amides is 3. The Bertz CT molecular complexity index is 1060. The first-order chi connectivity index (χ1) is 17.5. The summed E-state index contributed by atoms with van der Waals surface area (Å²) < 4.78 is 5.42. The zero-order chi connectivity index (χ0) is 25.5. The number of nitrogens with zero attached hydrogens (tertiary/aromatic N) is 3. The van der Waals surface area contributed by atoms with Crippen LogP contribution in [0.3, 0.4) is 0 Å². The maximum atomic E-state index is 13.5. The molecule has 2 fully saturated rings. The molecule has 0 spiro atoms. The van der Waals surface area contributed by atoms with E-state index >= 15 is 0 Å². The summed E-state index contributed by atoms with van der Waals surface area (Å²) >= 11 is 0. The average molecular weight is 493 g/mol. The van der Waals surface area contributed by atoms with Crippen molar-refractivity contribution < 1.29 is 19.1 Å². The molecule has 4 rings (SSSR count). The molecule has 1 N–H and O–H groups in total. The zero-order valence-corrected chi connectivity index (χ0v) is 21.2. The molecule has 0 aliphatic carbocycles. The number of ether oxygens (including phenoxy) is 1. The molecule has 2 aliphatic heterocycles. The molecule has 8 heteroatoms. The van der Waals surface area contributed by atoms with Gasteiger partial charge < -0.3 is 24.8 Å². The first kappa shape index (κ1) is 25.7. The smallest absolute Gasteiger partial charge is 0.256 e. The van der Waals surface area contributed by atoms with Gasteiger partial charge in [-0.05, 0) is 30.2 Å². The number of carbonyl (C=O) groups is 3. The summed E-state index contributed by atoms with van der Waals surface area (Å²) in [5.41, 5.74) is 3.07. The molecule has 192 valence electrons. The van der Waals surface area contributed by atoms with E-state index in [0.717, 1.165) is 17.7 Å². The van der Waals surface area contributed by atoms with Gasteiger partial charge in [0.2, 0.25) is 11.8 Å². The highest BCUT2D eigenvalue weighted by Crippen LogP contribution is 2.29. The van der Waals surface area contributed by atoms with E-state index in [-0.39, 0.29) is 23.6 Å². The van der Waals surface area contributed by atoms with Crippen LogP contribution in [0.1, 0.15) is 48.5 Å². The van der Waals surface area contributed by atoms with E-state index in [9.17, 15) is 14.4 Å². The lowest BCUT2D eigenvalue weighted by atomic mass is 9.94. The number of morpholine rings is 1. The molecule has 0 radical (unpaired) electrons. The molecular formula is C28H36N4O4. The number of rotatable bonds is 7. The minimum Gasteiger partial charge on any atom is -0.378 e. The van der Waals surface area contributed by atoms with Crippen molar-refractivity contribution in [3.63, 3.8) is 0 Å². The van der Waals surface area contributed by atoms with Crippen LogP contribution in [0.2, 0.25) is 0 Å². The Morgan fingerprint density at radius 1 is 0.889 bits per heavy atom. The second-order valence-corrected chi connectivity index (χ2v) is 9.22. The van der Waals surface area contributed by atoms with Crippen LogP contribution in [0.5, 0.6) is 0 Å².